The number of nitrogens with zero attached hydrogens (tertiary/aromatic N) is 2. The van der Waals surface area contributed by atoms with Crippen LogP contribution in [0, 0.1) is 0 Å². The van der Waals surface area contributed by atoms with Crippen LogP contribution >= 0.6 is 23.5 Å². The molecule has 2 aromatic carbocycles. The predicted molar refractivity (Wildman–Crippen MR) is 111 cm³/mol. The third-order valence-electron chi connectivity index (χ3n) is 4.58. The molecule has 0 saturated carbocycles. The van der Waals surface area contributed by atoms with E-state index in [1.807, 2.05) is 41.3 Å². The molecule has 0 saturated heterocycles. The lowest BCUT2D eigenvalue weighted by molar-refractivity contribution is -0.116. The van der Waals surface area contributed by atoms with Gasteiger partial charge in [0.25, 0.3) is 0 Å². The first-order valence-electron chi connectivity index (χ1n) is 8.64. The summed E-state index contributed by atoms with van der Waals surface area (Å²) >= 11 is 3.25. The van der Waals surface area contributed by atoms with Crippen molar-refractivity contribution in [3.05, 3.63) is 53.6 Å². The molecular weight excluding hydrogens is 364 g/mol. The molecule has 0 atom stereocenters. The zero-order valence-corrected chi connectivity index (χ0v) is 16.2. The van der Waals surface area contributed by atoms with Gasteiger partial charge in [0.05, 0.1) is 18.6 Å². The summed E-state index contributed by atoms with van der Waals surface area (Å²) in [6, 6.07) is 14.2. The van der Waals surface area contributed by atoms with E-state index in [0.717, 1.165) is 46.6 Å². The van der Waals surface area contributed by atoms with Crippen LogP contribution in [0.1, 0.15) is 17.5 Å². The predicted octanol–water partition coefficient (Wildman–Crippen LogP) is 4.64. The highest BCUT2D eigenvalue weighted by Crippen LogP contribution is 2.35. The Kier molecular flexibility index (Phi) is 5.22. The summed E-state index contributed by atoms with van der Waals surface area (Å²) in [6.45, 7) is 0.779. The van der Waals surface area contributed by atoms with Crippen LogP contribution in [0.4, 0.5) is 11.4 Å². The molecular formula is C20H20N2O2S2. The lowest BCUT2D eigenvalue weighted by Crippen LogP contribution is -2.36. The van der Waals surface area contributed by atoms with Gasteiger partial charge in [0, 0.05) is 18.0 Å². The number of methoxy groups -OCH3 is 1. The molecule has 0 radical (unpaired) electrons. The number of thioether (sulfide) groups is 2. The molecule has 2 heterocycles. The Labute approximate surface area is 162 Å². The summed E-state index contributed by atoms with van der Waals surface area (Å²) < 4.78 is 6.28. The average molecular weight is 385 g/mol. The first-order valence-corrected chi connectivity index (χ1v) is 10.6. The smallest absolute Gasteiger partial charge is 0.237 e. The van der Waals surface area contributed by atoms with Crippen molar-refractivity contribution in [2.75, 3.05) is 24.3 Å². The van der Waals surface area contributed by atoms with Gasteiger partial charge in [0.15, 0.2) is 0 Å². The zero-order chi connectivity index (χ0) is 17.9. The van der Waals surface area contributed by atoms with E-state index in [0.29, 0.717) is 5.75 Å². The maximum absolute atomic E-state index is 12.8. The Bertz CT molecular complexity index is 867. The Morgan fingerprint density at radius 1 is 1.27 bits per heavy atom. The fraction of sp³-hybridized carbons (Fsp3) is 0.300. The van der Waals surface area contributed by atoms with Crippen LogP contribution in [0.25, 0.3) is 0 Å². The topological polar surface area (TPSA) is 41.9 Å². The number of aryl methyl sites for hydroxylation is 1. The molecule has 0 N–H and O–H groups in total. The van der Waals surface area contributed by atoms with Gasteiger partial charge in [-0.05, 0) is 48.2 Å². The molecule has 4 nitrogen and oxygen atoms in total. The van der Waals surface area contributed by atoms with Crippen molar-refractivity contribution < 1.29 is 9.53 Å². The summed E-state index contributed by atoms with van der Waals surface area (Å²) in [6.07, 6.45) is 1.97. The van der Waals surface area contributed by atoms with E-state index in [1.165, 1.54) is 11.1 Å². The van der Waals surface area contributed by atoms with E-state index in [4.69, 9.17) is 4.74 Å². The molecule has 0 aliphatic carbocycles. The van der Waals surface area contributed by atoms with Gasteiger partial charge in [0.1, 0.15) is 10.1 Å². The number of hydrogen-bond donors (Lipinski definition) is 0. The second kappa shape index (κ2) is 7.76. The molecule has 0 aromatic heterocycles. The van der Waals surface area contributed by atoms with Crippen molar-refractivity contribution in [1.82, 2.24) is 0 Å². The Hall–Kier alpha value is -1.92. The van der Waals surface area contributed by atoms with Crippen LogP contribution in [-0.2, 0) is 17.0 Å². The first-order chi connectivity index (χ1) is 12.7. The number of rotatable bonds is 3. The van der Waals surface area contributed by atoms with Crippen LogP contribution in [0.5, 0.6) is 5.75 Å². The Morgan fingerprint density at radius 3 is 3.04 bits per heavy atom. The third kappa shape index (κ3) is 3.62. The van der Waals surface area contributed by atoms with Crippen molar-refractivity contribution in [3.8, 4) is 5.75 Å². The van der Waals surface area contributed by atoms with Gasteiger partial charge >= 0.3 is 0 Å². The van der Waals surface area contributed by atoms with Gasteiger partial charge in [0.2, 0.25) is 5.91 Å². The van der Waals surface area contributed by atoms with E-state index < -0.39 is 0 Å². The number of anilines is 1. The van der Waals surface area contributed by atoms with Gasteiger partial charge in [-0.3, -0.25) is 4.79 Å². The largest absolute Gasteiger partial charge is 0.497 e. The molecule has 6 heteroatoms. The number of aliphatic imine (C=N–C) groups is 1. The Balaban J connectivity index is 1.45. The van der Waals surface area contributed by atoms with Gasteiger partial charge in [-0.2, -0.15) is 0 Å². The zero-order valence-electron chi connectivity index (χ0n) is 14.6. The molecule has 2 aliphatic heterocycles. The van der Waals surface area contributed by atoms with E-state index in [2.05, 4.69) is 11.1 Å². The van der Waals surface area contributed by atoms with Crippen LogP contribution in [0.3, 0.4) is 0 Å². The minimum absolute atomic E-state index is 0.142. The molecule has 0 bridgehead atoms. The molecule has 1 amide bonds. The van der Waals surface area contributed by atoms with Crippen LogP contribution < -0.4 is 9.64 Å². The number of fused-ring (bicyclic) bond motifs is 2. The minimum atomic E-state index is 0.142. The number of carbonyl (C=O) groups excluding carboxylic acids is 1. The van der Waals surface area contributed by atoms with Crippen LogP contribution in [0.15, 0.2) is 47.5 Å². The van der Waals surface area contributed by atoms with E-state index in [9.17, 15) is 4.79 Å². The minimum Gasteiger partial charge on any atom is -0.497 e. The fourth-order valence-electron chi connectivity index (χ4n) is 3.25. The van der Waals surface area contributed by atoms with Crippen molar-refractivity contribution in [2.24, 2.45) is 4.99 Å². The number of hydrogen-bond acceptors (Lipinski definition) is 5. The lowest BCUT2D eigenvalue weighted by atomic mass is 10.0. The molecule has 2 aromatic rings. The second-order valence-electron chi connectivity index (χ2n) is 6.23. The second-order valence-corrected chi connectivity index (χ2v) is 8.41. The summed E-state index contributed by atoms with van der Waals surface area (Å²) in [5, 5.41) is 0. The third-order valence-corrected chi connectivity index (χ3v) is 6.81. The molecule has 4 rings (SSSR count). The highest BCUT2D eigenvalue weighted by atomic mass is 32.2. The van der Waals surface area contributed by atoms with Gasteiger partial charge in [-0.15, -0.1) is 0 Å². The first kappa shape index (κ1) is 17.5. The number of ether oxygens (including phenoxy) is 1. The van der Waals surface area contributed by atoms with Gasteiger partial charge < -0.3 is 9.64 Å². The van der Waals surface area contributed by atoms with Gasteiger partial charge in [-0.1, -0.05) is 41.7 Å². The van der Waals surface area contributed by atoms with Crippen molar-refractivity contribution in [1.29, 1.82) is 0 Å². The molecule has 0 unspecified atom stereocenters. The van der Waals surface area contributed by atoms with Crippen LogP contribution in [0.2, 0.25) is 0 Å². The summed E-state index contributed by atoms with van der Waals surface area (Å²) in [4.78, 5) is 19.4. The van der Waals surface area contributed by atoms with Gasteiger partial charge in [-0.25, -0.2) is 4.99 Å². The average Bonchev–Trinajstić information content (AvgIpc) is 2.70. The van der Waals surface area contributed by atoms with E-state index in [1.54, 1.807) is 30.6 Å². The molecule has 26 heavy (non-hydrogen) atoms. The summed E-state index contributed by atoms with van der Waals surface area (Å²) in [5.74, 6) is 2.32. The highest BCUT2D eigenvalue weighted by molar-refractivity contribution is 8.38. The van der Waals surface area contributed by atoms with Crippen molar-refractivity contribution >= 4 is 45.2 Å². The molecule has 2 aliphatic rings. The maximum atomic E-state index is 12.8. The lowest BCUT2D eigenvalue weighted by Gasteiger charge is -2.29. The Morgan fingerprint density at radius 2 is 2.15 bits per heavy atom. The van der Waals surface area contributed by atoms with E-state index >= 15 is 0 Å². The number of benzene rings is 2. The van der Waals surface area contributed by atoms with Crippen LogP contribution in [-0.4, -0.2) is 29.7 Å². The van der Waals surface area contributed by atoms with E-state index in [-0.39, 0.29) is 5.91 Å². The fourth-order valence-corrected chi connectivity index (χ4v) is 5.19. The number of carbonyl (C=O) groups is 1. The maximum Gasteiger partial charge on any atom is 0.237 e. The number of para-hydroxylation sites is 1. The van der Waals surface area contributed by atoms with Crippen molar-refractivity contribution in [3.63, 3.8) is 0 Å². The normalized spacial score (nSPS) is 15.7. The quantitative estimate of drug-likeness (QED) is 0.773. The summed E-state index contributed by atoms with van der Waals surface area (Å²) in [5.41, 5.74) is 4.49. The molecule has 134 valence electrons. The van der Waals surface area contributed by atoms with Crippen molar-refractivity contribution in [2.45, 2.75) is 18.6 Å². The SMILES string of the molecule is COc1ccc2c(c1)CCCN2C(=O)CSC1=Nc2ccccc2CS1. The standard InChI is InChI=1S/C20H20N2O2S2/c1-24-16-8-9-18-14(11-16)6-4-10-22(18)19(23)13-26-20-21-17-7-3-2-5-15(17)12-25-20/h2-3,5,7-9,11H,4,6,10,12-13H2,1H3. The monoisotopic (exact) mass is 384 g/mol. The number of amides is 1. The summed E-state index contributed by atoms with van der Waals surface area (Å²) in [7, 11) is 1.67. The molecule has 0 spiro atoms. The highest BCUT2D eigenvalue weighted by Gasteiger charge is 2.24. The molecule has 0 fully saturated rings.